The lowest BCUT2D eigenvalue weighted by atomic mass is 10.1. The highest BCUT2D eigenvalue weighted by molar-refractivity contribution is 5.71. The van der Waals surface area contributed by atoms with E-state index in [2.05, 4.69) is 118 Å². The maximum absolute atomic E-state index is 12.8. The number of ether oxygens (including phenoxy) is 3. The third kappa shape index (κ3) is 53.3. The van der Waals surface area contributed by atoms with Crippen LogP contribution in [0.4, 0.5) is 0 Å². The van der Waals surface area contributed by atoms with E-state index in [0.29, 0.717) is 19.3 Å². The lowest BCUT2D eigenvalue weighted by Crippen LogP contribution is -2.30. The van der Waals surface area contributed by atoms with Crippen molar-refractivity contribution >= 4 is 17.9 Å². The lowest BCUT2D eigenvalue weighted by molar-refractivity contribution is -0.167. The zero-order valence-electron chi connectivity index (χ0n) is 44.3. The summed E-state index contributed by atoms with van der Waals surface area (Å²) in [6, 6.07) is 0. The van der Waals surface area contributed by atoms with Gasteiger partial charge in [0.2, 0.25) is 0 Å². The highest BCUT2D eigenvalue weighted by Gasteiger charge is 2.19. The SMILES string of the molecule is CCCCC/C=C\C=C/CCCCCCCCC(=O)OCC(COC(=O)CCCCCCC\C=C/C=C\C=C/CCCCCCC)OC(=O)CCC/C=C\C/C=C\C/C=C\CCCCCCCC. The van der Waals surface area contributed by atoms with Crippen molar-refractivity contribution in [3.05, 3.63) is 97.2 Å². The second kappa shape index (κ2) is 55.9. The van der Waals surface area contributed by atoms with Crippen LogP contribution in [-0.2, 0) is 28.6 Å². The highest BCUT2D eigenvalue weighted by atomic mass is 16.6. The summed E-state index contributed by atoms with van der Waals surface area (Å²) in [5.41, 5.74) is 0. The fourth-order valence-corrected chi connectivity index (χ4v) is 7.57. The molecular formula is C62H104O6. The molecule has 388 valence electrons. The molecule has 0 N–H and O–H groups in total. The zero-order valence-corrected chi connectivity index (χ0v) is 44.3. The third-order valence-corrected chi connectivity index (χ3v) is 11.9. The summed E-state index contributed by atoms with van der Waals surface area (Å²) in [6.45, 7) is 6.52. The first kappa shape index (κ1) is 64.3. The Labute approximate surface area is 419 Å². The lowest BCUT2D eigenvalue weighted by Gasteiger charge is -2.18. The second-order valence-corrected chi connectivity index (χ2v) is 18.6. The van der Waals surface area contributed by atoms with Crippen LogP contribution in [0, 0.1) is 0 Å². The number of hydrogen-bond donors (Lipinski definition) is 0. The summed E-state index contributed by atoms with van der Waals surface area (Å²) in [4.78, 5) is 38.1. The van der Waals surface area contributed by atoms with Gasteiger partial charge in [-0.15, -0.1) is 0 Å². The Balaban J connectivity index is 4.53. The van der Waals surface area contributed by atoms with E-state index >= 15 is 0 Å². The molecule has 0 aliphatic heterocycles. The summed E-state index contributed by atoms with van der Waals surface area (Å²) in [6.07, 6.45) is 73.9. The first-order chi connectivity index (χ1) is 33.5. The molecule has 0 spiro atoms. The summed E-state index contributed by atoms with van der Waals surface area (Å²) in [7, 11) is 0. The van der Waals surface area contributed by atoms with E-state index in [1.807, 2.05) is 0 Å². The number of unbranched alkanes of at least 4 members (excludes halogenated alkanes) is 26. The Morgan fingerprint density at radius 2 is 0.603 bits per heavy atom. The molecule has 0 heterocycles. The predicted octanol–water partition coefficient (Wildman–Crippen LogP) is 18.9. The average Bonchev–Trinajstić information content (AvgIpc) is 3.34. The van der Waals surface area contributed by atoms with Crippen LogP contribution in [-0.4, -0.2) is 37.2 Å². The fourth-order valence-electron chi connectivity index (χ4n) is 7.57. The average molecular weight is 946 g/mol. The summed E-state index contributed by atoms with van der Waals surface area (Å²) < 4.78 is 16.8. The molecule has 0 bridgehead atoms. The summed E-state index contributed by atoms with van der Waals surface area (Å²) in [5.74, 6) is -0.994. The molecule has 1 atom stereocenters. The van der Waals surface area contributed by atoms with E-state index in [0.717, 1.165) is 96.3 Å². The molecule has 0 amide bonds. The van der Waals surface area contributed by atoms with Crippen molar-refractivity contribution in [3.63, 3.8) is 0 Å². The monoisotopic (exact) mass is 945 g/mol. The number of carbonyl (C=O) groups is 3. The van der Waals surface area contributed by atoms with Gasteiger partial charge in [0.25, 0.3) is 0 Å². The second-order valence-electron chi connectivity index (χ2n) is 18.6. The zero-order chi connectivity index (χ0) is 49.3. The fraction of sp³-hybridized carbons (Fsp3) is 0.694. The maximum Gasteiger partial charge on any atom is 0.306 e. The molecule has 0 radical (unpaired) electrons. The number of allylic oxidation sites excluding steroid dienone is 16. The van der Waals surface area contributed by atoms with Gasteiger partial charge in [0, 0.05) is 19.3 Å². The first-order valence-corrected chi connectivity index (χ1v) is 28.3. The molecule has 1 unspecified atom stereocenters. The minimum atomic E-state index is -0.819. The summed E-state index contributed by atoms with van der Waals surface area (Å²) in [5, 5.41) is 0. The van der Waals surface area contributed by atoms with Crippen LogP contribution < -0.4 is 0 Å². The Morgan fingerprint density at radius 3 is 1.03 bits per heavy atom. The smallest absolute Gasteiger partial charge is 0.306 e. The van der Waals surface area contributed by atoms with E-state index in [1.54, 1.807) is 0 Å². The van der Waals surface area contributed by atoms with Gasteiger partial charge in [-0.2, -0.15) is 0 Å². The molecule has 0 aromatic rings. The van der Waals surface area contributed by atoms with Crippen molar-refractivity contribution in [1.82, 2.24) is 0 Å². The van der Waals surface area contributed by atoms with Crippen LogP contribution in [0.25, 0.3) is 0 Å². The van der Waals surface area contributed by atoms with E-state index in [-0.39, 0.29) is 37.5 Å². The van der Waals surface area contributed by atoms with Crippen LogP contribution in [0.15, 0.2) is 97.2 Å². The molecule has 0 saturated heterocycles. The van der Waals surface area contributed by atoms with Gasteiger partial charge in [-0.3, -0.25) is 14.4 Å². The molecule has 6 nitrogen and oxygen atoms in total. The van der Waals surface area contributed by atoms with Crippen LogP contribution in [0.2, 0.25) is 0 Å². The van der Waals surface area contributed by atoms with Gasteiger partial charge in [-0.1, -0.05) is 234 Å². The minimum absolute atomic E-state index is 0.111. The molecule has 0 fully saturated rings. The molecule has 6 heteroatoms. The number of esters is 3. The largest absolute Gasteiger partial charge is 0.462 e. The van der Waals surface area contributed by atoms with Crippen molar-refractivity contribution in [2.24, 2.45) is 0 Å². The van der Waals surface area contributed by atoms with Crippen LogP contribution >= 0.6 is 0 Å². The maximum atomic E-state index is 12.8. The van der Waals surface area contributed by atoms with Crippen molar-refractivity contribution in [2.75, 3.05) is 13.2 Å². The first-order valence-electron chi connectivity index (χ1n) is 28.3. The predicted molar refractivity (Wildman–Crippen MR) is 293 cm³/mol. The third-order valence-electron chi connectivity index (χ3n) is 11.9. The molecular weight excluding hydrogens is 841 g/mol. The van der Waals surface area contributed by atoms with Crippen molar-refractivity contribution in [1.29, 1.82) is 0 Å². The van der Waals surface area contributed by atoms with E-state index < -0.39 is 6.10 Å². The van der Waals surface area contributed by atoms with Gasteiger partial charge in [-0.25, -0.2) is 0 Å². The van der Waals surface area contributed by atoms with E-state index in [9.17, 15) is 14.4 Å². The van der Waals surface area contributed by atoms with Crippen LogP contribution in [0.1, 0.15) is 258 Å². The Hall–Kier alpha value is -3.67. The molecule has 0 aliphatic rings. The van der Waals surface area contributed by atoms with Gasteiger partial charge in [0.15, 0.2) is 6.10 Å². The van der Waals surface area contributed by atoms with Gasteiger partial charge in [-0.05, 0) is 103 Å². The number of rotatable bonds is 50. The molecule has 0 aromatic carbocycles. The van der Waals surface area contributed by atoms with Crippen LogP contribution in [0.3, 0.4) is 0 Å². The Morgan fingerprint density at radius 1 is 0.309 bits per heavy atom. The Bertz CT molecular complexity index is 1360. The molecule has 0 aliphatic carbocycles. The van der Waals surface area contributed by atoms with E-state index in [1.165, 1.54) is 116 Å². The molecule has 0 rings (SSSR count). The Kier molecular flexibility index (Phi) is 52.9. The normalized spacial score (nSPS) is 12.8. The minimum Gasteiger partial charge on any atom is -0.462 e. The summed E-state index contributed by atoms with van der Waals surface area (Å²) >= 11 is 0. The van der Waals surface area contributed by atoms with Crippen molar-refractivity contribution in [3.8, 4) is 0 Å². The molecule has 0 aromatic heterocycles. The quantitative estimate of drug-likeness (QED) is 0.0199. The van der Waals surface area contributed by atoms with Crippen molar-refractivity contribution < 1.29 is 28.6 Å². The van der Waals surface area contributed by atoms with Gasteiger partial charge in [0.1, 0.15) is 13.2 Å². The van der Waals surface area contributed by atoms with Gasteiger partial charge in [0.05, 0.1) is 0 Å². The number of hydrogen-bond acceptors (Lipinski definition) is 6. The topological polar surface area (TPSA) is 78.9 Å². The highest BCUT2D eigenvalue weighted by Crippen LogP contribution is 2.13. The standard InChI is InChI=1S/C62H104O6/c1-4-7-10-13-16-19-22-25-28-30-32-34-37-40-43-46-49-52-55-61(64)67-58-59(57-66-60(63)54-51-48-45-42-39-36-33-27-24-21-18-15-12-9-6-3)68-62(65)56-53-50-47-44-41-38-35-31-29-26-23-20-17-14-11-8-5-2/h18,21-22,24-30,32,34-35,38,44,47,59H,4-17,19-20,23,31,33,36-37,39-43,45-46,48-58H2,1-3H3/b21-18-,25-22-,27-24-,29-26-,30-28-,34-32-,38-35-,47-44-. The van der Waals surface area contributed by atoms with E-state index in [4.69, 9.17) is 14.2 Å². The van der Waals surface area contributed by atoms with Gasteiger partial charge >= 0.3 is 17.9 Å². The molecule has 68 heavy (non-hydrogen) atoms. The van der Waals surface area contributed by atoms with Gasteiger partial charge < -0.3 is 14.2 Å². The number of carbonyl (C=O) groups excluding carboxylic acids is 3. The molecule has 0 saturated carbocycles. The van der Waals surface area contributed by atoms with Crippen molar-refractivity contribution in [2.45, 2.75) is 264 Å². The van der Waals surface area contributed by atoms with Crippen LogP contribution in [0.5, 0.6) is 0 Å².